The highest BCUT2D eigenvalue weighted by atomic mass is 16.5. The van der Waals surface area contributed by atoms with Crippen LogP contribution in [0.1, 0.15) is 23.2 Å². The van der Waals surface area contributed by atoms with Crippen LogP contribution in [0.5, 0.6) is 5.75 Å². The van der Waals surface area contributed by atoms with Crippen LogP contribution in [0.25, 0.3) is 0 Å². The number of para-hydroxylation sites is 1. The van der Waals surface area contributed by atoms with Crippen molar-refractivity contribution in [2.75, 3.05) is 19.7 Å². The van der Waals surface area contributed by atoms with Crippen molar-refractivity contribution in [3.8, 4) is 5.75 Å². The third-order valence-electron chi connectivity index (χ3n) is 2.92. The highest BCUT2D eigenvalue weighted by Gasteiger charge is 2.18. The average molecular weight is 248 g/mol. The number of hydrogen-bond acceptors (Lipinski definition) is 4. The minimum Gasteiger partial charge on any atom is -0.545 e. The minimum atomic E-state index is -1.31. The van der Waals surface area contributed by atoms with Crippen molar-refractivity contribution >= 4 is 11.9 Å². The lowest BCUT2D eigenvalue weighted by Crippen LogP contribution is -2.32. The molecular formula is C13H14NO4-. The summed E-state index contributed by atoms with van der Waals surface area (Å²) in [6.45, 7) is 1.37. The Bertz CT molecular complexity index is 452. The van der Waals surface area contributed by atoms with Gasteiger partial charge in [0.1, 0.15) is 5.75 Å². The lowest BCUT2D eigenvalue weighted by atomic mass is 10.2. The number of rotatable bonds is 4. The fraction of sp³-hybridized carbons (Fsp3) is 0.385. The Morgan fingerprint density at radius 3 is 2.56 bits per heavy atom. The van der Waals surface area contributed by atoms with Crippen molar-refractivity contribution in [3.05, 3.63) is 29.8 Å². The van der Waals surface area contributed by atoms with Gasteiger partial charge in [-0.2, -0.15) is 0 Å². The smallest absolute Gasteiger partial charge is 0.260 e. The van der Waals surface area contributed by atoms with Crippen molar-refractivity contribution in [2.45, 2.75) is 12.8 Å². The van der Waals surface area contributed by atoms with E-state index < -0.39 is 5.97 Å². The first kappa shape index (κ1) is 12.4. The molecule has 0 atom stereocenters. The number of carbonyl (C=O) groups excluding carboxylic acids is 2. The van der Waals surface area contributed by atoms with Gasteiger partial charge < -0.3 is 19.5 Å². The predicted octanol–water partition coefficient (Wildman–Crippen LogP) is 0.0513. The third-order valence-corrected chi connectivity index (χ3v) is 2.92. The Morgan fingerprint density at radius 1 is 1.22 bits per heavy atom. The number of carboxylic acids is 1. The summed E-state index contributed by atoms with van der Waals surface area (Å²) in [5.41, 5.74) is -0.0354. The van der Waals surface area contributed by atoms with E-state index in [0.29, 0.717) is 0 Å². The first-order valence-electron chi connectivity index (χ1n) is 5.89. The molecule has 0 saturated carbocycles. The average Bonchev–Trinajstić information content (AvgIpc) is 2.90. The second-order valence-corrected chi connectivity index (χ2v) is 4.16. The molecule has 1 aromatic carbocycles. The van der Waals surface area contributed by atoms with Crippen LogP contribution in [0.15, 0.2) is 24.3 Å². The maximum atomic E-state index is 11.7. The number of amides is 1. The first-order valence-corrected chi connectivity index (χ1v) is 5.89. The maximum Gasteiger partial charge on any atom is 0.260 e. The fourth-order valence-electron chi connectivity index (χ4n) is 1.96. The molecule has 1 heterocycles. The zero-order chi connectivity index (χ0) is 13.0. The van der Waals surface area contributed by atoms with Crippen molar-refractivity contribution in [2.24, 2.45) is 0 Å². The van der Waals surface area contributed by atoms with E-state index in [-0.39, 0.29) is 23.8 Å². The summed E-state index contributed by atoms with van der Waals surface area (Å²) in [6, 6.07) is 6.15. The molecule has 1 aromatic rings. The Morgan fingerprint density at radius 2 is 1.89 bits per heavy atom. The Kier molecular flexibility index (Phi) is 3.82. The summed E-state index contributed by atoms with van der Waals surface area (Å²) >= 11 is 0. The molecule has 0 unspecified atom stereocenters. The van der Waals surface area contributed by atoms with Gasteiger partial charge in [0.25, 0.3) is 5.91 Å². The van der Waals surface area contributed by atoms with Gasteiger partial charge in [-0.1, -0.05) is 12.1 Å². The molecule has 0 N–H and O–H groups in total. The van der Waals surface area contributed by atoms with E-state index in [1.807, 2.05) is 0 Å². The molecule has 0 aliphatic carbocycles. The van der Waals surface area contributed by atoms with Crippen molar-refractivity contribution < 1.29 is 19.4 Å². The maximum absolute atomic E-state index is 11.7. The molecular weight excluding hydrogens is 234 g/mol. The van der Waals surface area contributed by atoms with Gasteiger partial charge in [-0.05, 0) is 25.0 Å². The van der Waals surface area contributed by atoms with Crippen LogP contribution in [-0.4, -0.2) is 36.5 Å². The fourth-order valence-corrected chi connectivity index (χ4v) is 1.96. The van der Waals surface area contributed by atoms with E-state index >= 15 is 0 Å². The molecule has 18 heavy (non-hydrogen) atoms. The molecule has 1 fully saturated rings. The molecule has 0 spiro atoms. The molecule has 0 bridgehead atoms. The van der Waals surface area contributed by atoms with Crippen molar-refractivity contribution in [1.82, 2.24) is 4.90 Å². The molecule has 1 saturated heterocycles. The molecule has 96 valence electrons. The SMILES string of the molecule is O=C([O-])c1ccccc1OCC(=O)N1CCCC1. The predicted molar refractivity (Wildman–Crippen MR) is 62.1 cm³/mol. The van der Waals surface area contributed by atoms with Crippen molar-refractivity contribution in [3.63, 3.8) is 0 Å². The number of hydrogen-bond donors (Lipinski definition) is 0. The largest absolute Gasteiger partial charge is 0.545 e. The normalized spacial score (nSPS) is 14.6. The Balaban J connectivity index is 1.97. The summed E-state index contributed by atoms with van der Waals surface area (Å²) in [4.78, 5) is 24.3. The Labute approximate surface area is 105 Å². The summed E-state index contributed by atoms with van der Waals surface area (Å²) in [5, 5.41) is 10.8. The van der Waals surface area contributed by atoms with Gasteiger partial charge in [-0.15, -0.1) is 0 Å². The highest BCUT2D eigenvalue weighted by Crippen LogP contribution is 2.17. The van der Waals surface area contributed by atoms with E-state index in [0.717, 1.165) is 25.9 Å². The molecule has 1 aliphatic heterocycles. The number of ether oxygens (including phenoxy) is 1. The van der Waals surface area contributed by atoms with Gasteiger partial charge in [0.15, 0.2) is 6.61 Å². The van der Waals surface area contributed by atoms with E-state index in [2.05, 4.69) is 0 Å². The summed E-state index contributed by atoms with van der Waals surface area (Å²) < 4.78 is 5.26. The van der Waals surface area contributed by atoms with Crippen molar-refractivity contribution in [1.29, 1.82) is 0 Å². The van der Waals surface area contributed by atoms with Crippen LogP contribution in [0, 0.1) is 0 Å². The number of aromatic carboxylic acids is 1. The zero-order valence-electron chi connectivity index (χ0n) is 9.93. The highest BCUT2D eigenvalue weighted by molar-refractivity contribution is 5.89. The lowest BCUT2D eigenvalue weighted by Gasteiger charge is -2.17. The molecule has 5 nitrogen and oxygen atoms in total. The van der Waals surface area contributed by atoms with E-state index in [1.54, 1.807) is 17.0 Å². The second-order valence-electron chi connectivity index (χ2n) is 4.16. The summed E-state index contributed by atoms with van der Waals surface area (Å²) in [5.74, 6) is -1.25. The van der Waals surface area contributed by atoms with E-state index in [1.165, 1.54) is 12.1 Å². The van der Waals surface area contributed by atoms with E-state index in [4.69, 9.17) is 4.74 Å². The minimum absolute atomic E-state index is 0.0354. The summed E-state index contributed by atoms with van der Waals surface area (Å²) in [7, 11) is 0. The van der Waals surface area contributed by atoms with Gasteiger partial charge in [0.2, 0.25) is 0 Å². The number of nitrogens with zero attached hydrogens (tertiary/aromatic N) is 1. The first-order chi connectivity index (χ1) is 8.68. The van der Waals surface area contributed by atoms with Crippen LogP contribution < -0.4 is 9.84 Å². The third kappa shape index (κ3) is 2.80. The van der Waals surface area contributed by atoms with Crippen LogP contribution in [0.2, 0.25) is 0 Å². The van der Waals surface area contributed by atoms with Gasteiger partial charge >= 0.3 is 0 Å². The molecule has 2 rings (SSSR count). The second kappa shape index (κ2) is 5.53. The van der Waals surface area contributed by atoms with E-state index in [9.17, 15) is 14.7 Å². The van der Waals surface area contributed by atoms with Crippen LogP contribution in [-0.2, 0) is 4.79 Å². The van der Waals surface area contributed by atoms with Gasteiger partial charge in [0.05, 0.1) is 5.97 Å². The van der Waals surface area contributed by atoms with Gasteiger partial charge in [-0.3, -0.25) is 4.79 Å². The molecule has 5 heteroatoms. The summed E-state index contributed by atoms with van der Waals surface area (Å²) in [6.07, 6.45) is 2.03. The number of benzene rings is 1. The topological polar surface area (TPSA) is 69.7 Å². The Hall–Kier alpha value is -2.04. The molecule has 0 radical (unpaired) electrons. The van der Waals surface area contributed by atoms with Crippen LogP contribution in [0.4, 0.5) is 0 Å². The number of likely N-dealkylation sites (tertiary alicyclic amines) is 1. The van der Waals surface area contributed by atoms with Crippen LogP contribution >= 0.6 is 0 Å². The quantitative estimate of drug-likeness (QED) is 0.755. The molecule has 1 amide bonds. The zero-order valence-corrected chi connectivity index (χ0v) is 9.93. The lowest BCUT2D eigenvalue weighted by molar-refractivity contribution is -0.255. The number of carboxylic acid groups (broad SMARTS) is 1. The number of carbonyl (C=O) groups is 2. The van der Waals surface area contributed by atoms with Gasteiger partial charge in [-0.25, -0.2) is 0 Å². The molecule has 1 aliphatic rings. The van der Waals surface area contributed by atoms with Crippen LogP contribution in [0.3, 0.4) is 0 Å². The van der Waals surface area contributed by atoms with Gasteiger partial charge in [0, 0.05) is 18.7 Å². The molecule has 0 aromatic heterocycles. The monoisotopic (exact) mass is 248 g/mol. The standard InChI is InChI=1S/C13H15NO4/c15-12(14-7-3-4-8-14)9-18-11-6-2-1-5-10(11)13(16)17/h1-2,5-6H,3-4,7-9H2,(H,16,17)/p-1.